The lowest BCUT2D eigenvalue weighted by Gasteiger charge is -2.32. The monoisotopic (exact) mass is 889 g/mol. The van der Waals surface area contributed by atoms with Crippen LogP contribution in [0, 0.1) is 13.8 Å². The van der Waals surface area contributed by atoms with Gasteiger partial charge in [-0.15, -0.1) is 0 Å². The summed E-state index contributed by atoms with van der Waals surface area (Å²) < 4.78 is 29.5. The molecule has 1 unspecified atom stereocenters. The minimum Gasteiger partial charge on any atom is -0.497 e. The van der Waals surface area contributed by atoms with Gasteiger partial charge in [0.15, 0.2) is 6.61 Å². The molecule has 0 aromatic heterocycles. The second kappa shape index (κ2) is 20.8. The van der Waals surface area contributed by atoms with Crippen molar-refractivity contribution in [3.05, 3.63) is 184 Å². The van der Waals surface area contributed by atoms with Crippen LogP contribution in [0.15, 0.2) is 140 Å². The number of carbonyl (C=O) groups is 3. The molecule has 0 saturated heterocycles. The number of aryl methyl sites for hydroxylation is 2. The summed E-state index contributed by atoms with van der Waals surface area (Å²) >= 11 is 0. The van der Waals surface area contributed by atoms with Gasteiger partial charge in [0.2, 0.25) is 5.91 Å². The molecule has 0 radical (unpaired) electrons. The zero-order chi connectivity index (χ0) is 47.0. The normalized spacial score (nSPS) is 13.4. The quantitative estimate of drug-likeness (QED) is 0.0825. The molecule has 342 valence electrons. The minimum atomic E-state index is -1.17. The minimum absolute atomic E-state index is 0.0739. The van der Waals surface area contributed by atoms with Crippen molar-refractivity contribution in [1.29, 1.82) is 0 Å². The van der Waals surface area contributed by atoms with Gasteiger partial charge >= 0.3 is 6.09 Å². The molecular formula is C55H59N3O8. The number of carbonyl (C=O) groups excluding carboxylic acids is 3. The van der Waals surface area contributed by atoms with E-state index in [1.54, 1.807) is 45.4 Å². The fourth-order valence-electron chi connectivity index (χ4n) is 8.40. The molecule has 3 atom stereocenters. The largest absolute Gasteiger partial charge is 0.497 e. The van der Waals surface area contributed by atoms with Crippen LogP contribution in [-0.4, -0.2) is 63.1 Å². The van der Waals surface area contributed by atoms with Gasteiger partial charge in [0.05, 0.1) is 38.0 Å². The van der Waals surface area contributed by atoms with E-state index >= 15 is 0 Å². The first kappa shape index (κ1) is 46.9. The van der Waals surface area contributed by atoms with Crippen molar-refractivity contribution in [2.45, 2.75) is 77.3 Å². The van der Waals surface area contributed by atoms with Gasteiger partial charge in [0.25, 0.3) is 5.91 Å². The summed E-state index contributed by atoms with van der Waals surface area (Å²) in [5.74, 6) is 0.507. The Hall–Kier alpha value is -7.11. The average Bonchev–Trinajstić information content (AvgIpc) is 3.63. The molecule has 1 aliphatic rings. The Morgan fingerprint density at radius 3 is 1.70 bits per heavy atom. The standard InChI is InChI=1S/C55H59N3O8/c1-34-17-21-37(22-18-34)51(38-23-19-35(2)20-24-38)56-49(59)33-64-40-27-25-39(26-28-40)52(46-30-29-41(62-7)31-48(46)63-8)57-53(60)50(36(3)66-55(4,5)6)58-54(61)65-32-47-44-15-11-9-13-42(44)43-14-10-12-16-45(43)47/h9-31,36,47,50-52H,32-33H2,1-8H3,(H,56,59)(H,57,60)(H,58,61)/t36-,50+,52?/m0/s1. The van der Waals surface area contributed by atoms with Crippen molar-refractivity contribution in [3.8, 4) is 28.4 Å². The van der Waals surface area contributed by atoms with Gasteiger partial charge in [-0.2, -0.15) is 0 Å². The Morgan fingerprint density at radius 2 is 1.15 bits per heavy atom. The van der Waals surface area contributed by atoms with Crippen LogP contribution in [0.25, 0.3) is 11.1 Å². The van der Waals surface area contributed by atoms with Gasteiger partial charge in [0.1, 0.15) is 29.9 Å². The molecule has 0 fully saturated rings. The third-order valence-electron chi connectivity index (χ3n) is 11.7. The number of alkyl carbamates (subject to hydrolysis) is 1. The molecule has 3 N–H and O–H groups in total. The number of hydrogen-bond acceptors (Lipinski definition) is 8. The van der Waals surface area contributed by atoms with E-state index in [4.69, 9.17) is 23.7 Å². The van der Waals surface area contributed by atoms with Crippen molar-refractivity contribution in [2.24, 2.45) is 0 Å². The van der Waals surface area contributed by atoms with Crippen molar-refractivity contribution in [3.63, 3.8) is 0 Å². The molecule has 1 aliphatic carbocycles. The van der Waals surface area contributed by atoms with Crippen LogP contribution in [0.2, 0.25) is 0 Å². The molecule has 0 heterocycles. The fraction of sp³-hybridized carbons (Fsp3) is 0.291. The van der Waals surface area contributed by atoms with Gasteiger partial charge in [-0.3, -0.25) is 9.59 Å². The Morgan fingerprint density at radius 1 is 0.621 bits per heavy atom. The predicted octanol–water partition coefficient (Wildman–Crippen LogP) is 9.92. The van der Waals surface area contributed by atoms with Crippen LogP contribution in [0.4, 0.5) is 4.79 Å². The zero-order valence-corrected chi connectivity index (χ0v) is 38.8. The predicted molar refractivity (Wildman–Crippen MR) is 256 cm³/mol. The van der Waals surface area contributed by atoms with Crippen LogP contribution in [0.3, 0.4) is 0 Å². The molecule has 6 aromatic carbocycles. The number of methoxy groups -OCH3 is 2. The third kappa shape index (κ3) is 11.4. The van der Waals surface area contributed by atoms with Crippen molar-refractivity contribution >= 4 is 17.9 Å². The van der Waals surface area contributed by atoms with E-state index in [1.165, 1.54) is 0 Å². The van der Waals surface area contributed by atoms with E-state index in [9.17, 15) is 14.4 Å². The number of amides is 3. The highest BCUT2D eigenvalue weighted by Crippen LogP contribution is 2.44. The van der Waals surface area contributed by atoms with Crippen LogP contribution in [0.5, 0.6) is 17.2 Å². The Labute approximate surface area is 387 Å². The van der Waals surface area contributed by atoms with Crippen LogP contribution >= 0.6 is 0 Å². The first-order valence-corrected chi connectivity index (χ1v) is 22.2. The number of nitrogens with one attached hydrogen (secondary N) is 3. The summed E-state index contributed by atoms with van der Waals surface area (Å²) in [5, 5.41) is 9.15. The molecule has 0 saturated carbocycles. The molecule has 11 heteroatoms. The van der Waals surface area contributed by atoms with E-state index in [0.717, 1.165) is 44.5 Å². The number of hydrogen-bond donors (Lipinski definition) is 3. The highest BCUT2D eigenvalue weighted by atomic mass is 16.6. The van der Waals surface area contributed by atoms with E-state index in [0.29, 0.717) is 28.4 Å². The summed E-state index contributed by atoms with van der Waals surface area (Å²) in [6, 6.07) is 42.5. The molecule has 11 nitrogen and oxygen atoms in total. The first-order valence-electron chi connectivity index (χ1n) is 22.2. The Bertz CT molecular complexity index is 2530. The summed E-state index contributed by atoms with van der Waals surface area (Å²) in [5.41, 5.74) is 9.19. The molecule has 3 amide bonds. The topological polar surface area (TPSA) is 133 Å². The molecular weight excluding hydrogens is 831 g/mol. The molecule has 0 bridgehead atoms. The number of ether oxygens (including phenoxy) is 5. The lowest BCUT2D eigenvalue weighted by Crippen LogP contribution is -2.55. The fourth-order valence-corrected chi connectivity index (χ4v) is 8.40. The highest BCUT2D eigenvalue weighted by molar-refractivity contribution is 5.87. The summed E-state index contributed by atoms with van der Waals surface area (Å²) in [7, 11) is 3.11. The third-order valence-corrected chi connectivity index (χ3v) is 11.7. The lowest BCUT2D eigenvalue weighted by molar-refractivity contribution is -0.131. The molecule has 6 aromatic rings. The van der Waals surface area contributed by atoms with Crippen molar-refractivity contribution < 1.29 is 38.1 Å². The zero-order valence-electron chi connectivity index (χ0n) is 38.8. The summed E-state index contributed by atoms with van der Waals surface area (Å²) in [6.45, 7) is 11.3. The second-order valence-corrected chi connectivity index (χ2v) is 17.6. The summed E-state index contributed by atoms with van der Waals surface area (Å²) in [4.78, 5) is 41.8. The maximum Gasteiger partial charge on any atom is 0.407 e. The molecule has 0 spiro atoms. The maximum absolute atomic E-state index is 14.6. The smallest absolute Gasteiger partial charge is 0.407 e. The van der Waals surface area contributed by atoms with Gasteiger partial charge in [0, 0.05) is 17.5 Å². The van der Waals surface area contributed by atoms with E-state index in [-0.39, 0.29) is 31.1 Å². The lowest BCUT2D eigenvalue weighted by atomic mass is 9.96. The van der Waals surface area contributed by atoms with Gasteiger partial charge in [-0.05, 0) is 105 Å². The van der Waals surface area contributed by atoms with Crippen LogP contribution in [-0.2, 0) is 19.1 Å². The van der Waals surface area contributed by atoms with Crippen molar-refractivity contribution in [2.75, 3.05) is 27.4 Å². The highest BCUT2D eigenvalue weighted by Gasteiger charge is 2.35. The van der Waals surface area contributed by atoms with E-state index in [1.807, 2.05) is 126 Å². The van der Waals surface area contributed by atoms with Crippen LogP contribution < -0.4 is 30.2 Å². The number of benzene rings is 6. The Balaban J connectivity index is 1.09. The first-order chi connectivity index (χ1) is 31.7. The van der Waals surface area contributed by atoms with Crippen molar-refractivity contribution in [1.82, 2.24) is 16.0 Å². The molecule has 7 rings (SSSR count). The average molecular weight is 890 g/mol. The van der Waals surface area contributed by atoms with Gasteiger partial charge < -0.3 is 39.6 Å². The molecule has 0 aliphatic heterocycles. The van der Waals surface area contributed by atoms with E-state index < -0.39 is 35.8 Å². The second-order valence-electron chi connectivity index (χ2n) is 17.6. The SMILES string of the molecule is COc1ccc(C(NC(=O)[C@H](NC(=O)OCC2c3ccccc3-c3ccccc32)[C@H](C)OC(C)(C)C)c2ccc(OCC(=O)NC(c3ccc(C)cc3)c3ccc(C)cc3)cc2)c(OC)c1. The van der Waals surface area contributed by atoms with Gasteiger partial charge in [-0.1, -0.05) is 120 Å². The summed E-state index contributed by atoms with van der Waals surface area (Å²) in [6.07, 6.45) is -1.53. The van der Waals surface area contributed by atoms with Gasteiger partial charge in [-0.25, -0.2) is 4.79 Å². The molecule has 66 heavy (non-hydrogen) atoms. The number of rotatable bonds is 17. The Kier molecular flexibility index (Phi) is 14.8. The maximum atomic E-state index is 14.6. The van der Waals surface area contributed by atoms with E-state index in [2.05, 4.69) is 40.2 Å². The van der Waals surface area contributed by atoms with Crippen LogP contribution in [0.1, 0.15) is 90.2 Å². The number of fused-ring (bicyclic) bond motifs is 3.